The number of aromatic nitrogens is 3. The Morgan fingerprint density at radius 1 is 1.11 bits per heavy atom. The number of fused-ring (bicyclic) bond motifs is 1. The molecule has 0 bridgehead atoms. The van der Waals surface area contributed by atoms with Gasteiger partial charge in [0.2, 0.25) is 11.8 Å². The second-order valence-corrected chi connectivity index (χ2v) is 4.23. The van der Waals surface area contributed by atoms with Crippen LogP contribution in [-0.4, -0.2) is 15.0 Å². The second-order valence-electron chi connectivity index (χ2n) is 3.85. The predicted octanol–water partition coefficient (Wildman–Crippen LogP) is 3.05. The highest BCUT2D eigenvalue weighted by molar-refractivity contribution is 6.29. The summed E-state index contributed by atoms with van der Waals surface area (Å²) in [5.74, 6) is 0.981. The lowest BCUT2D eigenvalue weighted by Gasteiger charge is -2.06. The lowest BCUT2D eigenvalue weighted by molar-refractivity contribution is 0.463. The molecule has 0 aliphatic rings. The monoisotopic (exact) mass is 272 g/mol. The molecular formula is C13H9ClN4O. The maximum Gasteiger partial charge on any atom is 0.225 e. The van der Waals surface area contributed by atoms with Gasteiger partial charge in [0, 0.05) is 23.7 Å². The summed E-state index contributed by atoms with van der Waals surface area (Å²) in [4.78, 5) is 12.0. The minimum atomic E-state index is 0.0708. The molecule has 1 aromatic carbocycles. The Bertz CT molecular complexity index is 727. The van der Waals surface area contributed by atoms with Crippen LogP contribution in [0, 0.1) is 0 Å². The van der Waals surface area contributed by atoms with Crippen molar-refractivity contribution < 1.29 is 4.74 Å². The number of benzene rings is 1. The summed E-state index contributed by atoms with van der Waals surface area (Å²) >= 11 is 5.79. The Balaban J connectivity index is 1.96. The van der Waals surface area contributed by atoms with Crippen LogP contribution >= 0.6 is 11.6 Å². The summed E-state index contributed by atoms with van der Waals surface area (Å²) in [6.45, 7) is 0. The van der Waals surface area contributed by atoms with E-state index < -0.39 is 0 Å². The molecule has 0 atom stereocenters. The lowest BCUT2D eigenvalue weighted by Crippen LogP contribution is -1.97. The third-order valence-electron chi connectivity index (χ3n) is 2.49. The van der Waals surface area contributed by atoms with Gasteiger partial charge in [-0.1, -0.05) is 17.7 Å². The van der Waals surface area contributed by atoms with Crippen molar-refractivity contribution in [3.8, 4) is 11.6 Å². The van der Waals surface area contributed by atoms with Gasteiger partial charge in [0.1, 0.15) is 10.9 Å². The van der Waals surface area contributed by atoms with Crippen molar-refractivity contribution in [1.29, 1.82) is 0 Å². The first-order chi connectivity index (χ1) is 9.20. The highest BCUT2D eigenvalue weighted by Gasteiger charge is 2.04. The first-order valence-corrected chi connectivity index (χ1v) is 5.91. The van der Waals surface area contributed by atoms with E-state index in [1.54, 1.807) is 6.20 Å². The molecule has 0 spiro atoms. The number of ether oxygens (including phenoxy) is 1. The molecule has 0 radical (unpaired) electrons. The molecule has 3 aromatic rings. The summed E-state index contributed by atoms with van der Waals surface area (Å²) in [6, 6.07) is 10.9. The number of hydrogen-bond acceptors (Lipinski definition) is 5. The van der Waals surface area contributed by atoms with Crippen LogP contribution in [0.15, 0.2) is 42.6 Å². The Kier molecular flexibility index (Phi) is 2.89. The smallest absolute Gasteiger partial charge is 0.225 e. The van der Waals surface area contributed by atoms with Crippen LogP contribution in [0.25, 0.3) is 10.9 Å². The summed E-state index contributed by atoms with van der Waals surface area (Å²) < 4.78 is 5.59. The van der Waals surface area contributed by atoms with Crippen molar-refractivity contribution in [2.75, 3.05) is 5.73 Å². The third kappa shape index (κ3) is 2.56. The molecule has 0 saturated heterocycles. The maximum absolute atomic E-state index is 5.79. The van der Waals surface area contributed by atoms with Gasteiger partial charge in [-0.25, -0.2) is 4.98 Å². The Labute approximate surface area is 114 Å². The van der Waals surface area contributed by atoms with Gasteiger partial charge in [0.05, 0.1) is 5.52 Å². The number of nitrogens with two attached hydrogens (primary N) is 1. The fourth-order valence-corrected chi connectivity index (χ4v) is 1.88. The van der Waals surface area contributed by atoms with Gasteiger partial charge in [-0.15, -0.1) is 0 Å². The standard InChI is InChI=1S/C13H9ClN4O/c14-11-7-12(18-13(15)17-11)19-9-4-3-8-2-1-5-16-10(8)6-9/h1-7H,(H2,15,17,18). The van der Waals surface area contributed by atoms with Crippen molar-refractivity contribution in [2.45, 2.75) is 0 Å². The predicted molar refractivity (Wildman–Crippen MR) is 73.3 cm³/mol. The largest absolute Gasteiger partial charge is 0.439 e. The molecule has 19 heavy (non-hydrogen) atoms. The van der Waals surface area contributed by atoms with E-state index in [2.05, 4.69) is 15.0 Å². The van der Waals surface area contributed by atoms with Crippen LogP contribution < -0.4 is 10.5 Å². The third-order valence-corrected chi connectivity index (χ3v) is 2.68. The fraction of sp³-hybridized carbons (Fsp3) is 0. The number of hydrogen-bond donors (Lipinski definition) is 1. The van der Waals surface area contributed by atoms with E-state index in [0.29, 0.717) is 11.6 Å². The molecule has 2 aromatic heterocycles. The summed E-state index contributed by atoms with van der Waals surface area (Å²) in [5.41, 5.74) is 6.35. The fourth-order valence-electron chi connectivity index (χ4n) is 1.70. The molecule has 2 heterocycles. The number of pyridine rings is 1. The highest BCUT2D eigenvalue weighted by Crippen LogP contribution is 2.25. The van der Waals surface area contributed by atoms with Crippen LogP contribution in [-0.2, 0) is 0 Å². The van der Waals surface area contributed by atoms with Gasteiger partial charge in [0.25, 0.3) is 0 Å². The first kappa shape index (κ1) is 11.7. The molecule has 0 amide bonds. The normalized spacial score (nSPS) is 10.6. The average molecular weight is 273 g/mol. The number of anilines is 1. The van der Waals surface area contributed by atoms with Gasteiger partial charge in [-0.3, -0.25) is 4.98 Å². The topological polar surface area (TPSA) is 73.9 Å². The summed E-state index contributed by atoms with van der Waals surface area (Å²) in [7, 11) is 0. The van der Waals surface area contributed by atoms with Crippen LogP contribution in [0.3, 0.4) is 0 Å². The Morgan fingerprint density at radius 2 is 2.00 bits per heavy atom. The van der Waals surface area contributed by atoms with Gasteiger partial charge in [-0.05, 0) is 18.2 Å². The van der Waals surface area contributed by atoms with E-state index in [9.17, 15) is 0 Å². The lowest BCUT2D eigenvalue weighted by atomic mass is 10.2. The zero-order chi connectivity index (χ0) is 13.2. The number of rotatable bonds is 2. The van der Waals surface area contributed by atoms with Gasteiger partial charge in [-0.2, -0.15) is 4.98 Å². The molecule has 2 N–H and O–H groups in total. The van der Waals surface area contributed by atoms with E-state index in [-0.39, 0.29) is 11.1 Å². The average Bonchev–Trinajstić information content (AvgIpc) is 2.37. The van der Waals surface area contributed by atoms with Gasteiger partial charge >= 0.3 is 0 Å². The van der Waals surface area contributed by atoms with E-state index in [4.69, 9.17) is 22.1 Å². The van der Waals surface area contributed by atoms with Crippen molar-refractivity contribution in [2.24, 2.45) is 0 Å². The van der Waals surface area contributed by atoms with Crippen LogP contribution in [0.4, 0.5) is 5.95 Å². The van der Waals surface area contributed by atoms with Gasteiger partial charge < -0.3 is 10.5 Å². The number of halogens is 1. The summed E-state index contributed by atoms with van der Waals surface area (Å²) in [5, 5.41) is 1.27. The molecule has 94 valence electrons. The zero-order valence-corrected chi connectivity index (χ0v) is 10.5. The quantitative estimate of drug-likeness (QED) is 0.726. The van der Waals surface area contributed by atoms with Gasteiger partial charge in [0.15, 0.2) is 0 Å². The molecule has 0 aliphatic carbocycles. The van der Waals surface area contributed by atoms with E-state index >= 15 is 0 Å². The molecule has 5 nitrogen and oxygen atoms in total. The minimum Gasteiger partial charge on any atom is -0.439 e. The second kappa shape index (κ2) is 4.70. The highest BCUT2D eigenvalue weighted by atomic mass is 35.5. The van der Waals surface area contributed by atoms with Crippen molar-refractivity contribution in [3.63, 3.8) is 0 Å². The zero-order valence-electron chi connectivity index (χ0n) is 9.75. The molecule has 0 fully saturated rings. The maximum atomic E-state index is 5.79. The van der Waals surface area contributed by atoms with Crippen LogP contribution in [0.5, 0.6) is 11.6 Å². The van der Waals surface area contributed by atoms with Crippen LogP contribution in [0.1, 0.15) is 0 Å². The molecule has 3 rings (SSSR count). The summed E-state index contributed by atoms with van der Waals surface area (Å²) in [6.07, 6.45) is 1.73. The van der Waals surface area contributed by atoms with E-state index in [0.717, 1.165) is 10.9 Å². The number of nitrogens with zero attached hydrogens (tertiary/aromatic N) is 3. The van der Waals surface area contributed by atoms with E-state index in [1.165, 1.54) is 6.07 Å². The SMILES string of the molecule is Nc1nc(Cl)cc(Oc2ccc3cccnc3c2)n1. The molecule has 0 aliphatic heterocycles. The number of nitrogen functional groups attached to an aromatic ring is 1. The van der Waals surface area contributed by atoms with Crippen molar-refractivity contribution in [3.05, 3.63) is 47.7 Å². The van der Waals surface area contributed by atoms with Crippen molar-refractivity contribution in [1.82, 2.24) is 15.0 Å². The first-order valence-electron chi connectivity index (χ1n) is 5.53. The van der Waals surface area contributed by atoms with E-state index in [1.807, 2.05) is 30.3 Å². The molecule has 6 heteroatoms. The molecular weight excluding hydrogens is 264 g/mol. The van der Waals surface area contributed by atoms with Crippen molar-refractivity contribution >= 4 is 28.5 Å². The Hall–Kier alpha value is -2.40. The minimum absolute atomic E-state index is 0.0708. The molecule has 0 saturated carbocycles. The van der Waals surface area contributed by atoms with Crippen LogP contribution in [0.2, 0.25) is 5.15 Å². The Morgan fingerprint density at radius 3 is 2.84 bits per heavy atom. The molecule has 0 unspecified atom stereocenters.